The molecule has 0 aromatic carbocycles. The first-order chi connectivity index (χ1) is 8.31. The molecule has 1 aliphatic heterocycles. The molecule has 100 valence electrons. The number of hydrogen-bond donors (Lipinski definition) is 0. The van der Waals surface area contributed by atoms with Crippen LogP contribution in [0.3, 0.4) is 0 Å². The van der Waals surface area contributed by atoms with E-state index in [0.717, 1.165) is 19.3 Å². The Balaban J connectivity index is 1.68. The Morgan fingerprint density at radius 1 is 0.706 bits per heavy atom. The third kappa shape index (κ3) is 4.57. The van der Waals surface area contributed by atoms with Crippen LogP contribution in [0.1, 0.15) is 83.5 Å². The standard InChI is InChI=1S/C15H27FO/c16-15-13-11-9-7-5-3-1-2-4-6-8-10-12-14(15)17-15/h14H,1-13H2/t14-,15-/m0/s1. The largest absolute Gasteiger partial charge is 0.334 e. The molecule has 0 bridgehead atoms. The van der Waals surface area contributed by atoms with Gasteiger partial charge in [0.15, 0.2) is 0 Å². The number of rotatable bonds is 0. The summed E-state index contributed by atoms with van der Waals surface area (Å²) in [5, 5.41) is 0. The minimum absolute atomic E-state index is 0.0624. The molecule has 2 aliphatic rings. The Bertz CT molecular complexity index is 219. The summed E-state index contributed by atoms with van der Waals surface area (Å²) in [7, 11) is 0. The van der Waals surface area contributed by atoms with Gasteiger partial charge in [0.25, 0.3) is 0 Å². The predicted molar refractivity (Wildman–Crippen MR) is 68.7 cm³/mol. The van der Waals surface area contributed by atoms with Gasteiger partial charge >= 0.3 is 0 Å². The van der Waals surface area contributed by atoms with Gasteiger partial charge in [-0.1, -0.05) is 64.2 Å². The zero-order valence-corrected chi connectivity index (χ0v) is 11.1. The van der Waals surface area contributed by atoms with Gasteiger partial charge in [-0.05, 0) is 12.8 Å². The second-order valence-electron chi connectivity index (χ2n) is 5.82. The summed E-state index contributed by atoms with van der Waals surface area (Å²) in [4.78, 5) is 0. The number of hydrogen-bond acceptors (Lipinski definition) is 1. The zero-order valence-electron chi connectivity index (χ0n) is 11.1. The van der Waals surface area contributed by atoms with Crippen LogP contribution in [0.5, 0.6) is 0 Å². The zero-order chi connectivity index (χ0) is 12.0. The molecular weight excluding hydrogens is 215 g/mol. The van der Waals surface area contributed by atoms with E-state index in [1.165, 1.54) is 57.8 Å². The lowest BCUT2D eigenvalue weighted by Crippen LogP contribution is -2.07. The van der Waals surface area contributed by atoms with Crippen LogP contribution in [-0.2, 0) is 4.74 Å². The first kappa shape index (κ1) is 13.3. The molecular formula is C15H27FO. The molecule has 2 atom stereocenters. The lowest BCUT2D eigenvalue weighted by atomic mass is 10.0. The van der Waals surface area contributed by atoms with Crippen molar-refractivity contribution in [3.05, 3.63) is 0 Å². The van der Waals surface area contributed by atoms with E-state index in [1.54, 1.807) is 0 Å². The van der Waals surface area contributed by atoms with Crippen LogP contribution in [-0.4, -0.2) is 12.0 Å². The van der Waals surface area contributed by atoms with Crippen molar-refractivity contribution in [2.24, 2.45) is 0 Å². The van der Waals surface area contributed by atoms with Crippen molar-refractivity contribution in [1.82, 2.24) is 0 Å². The van der Waals surface area contributed by atoms with E-state index >= 15 is 0 Å². The van der Waals surface area contributed by atoms with Gasteiger partial charge in [0, 0.05) is 6.42 Å². The topological polar surface area (TPSA) is 12.5 Å². The molecule has 17 heavy (non-hydrogen) atoms. The van der Waals surface area contributed by atoms with Crippen molar-refractivity contribution in [3.8, 4) is 0 Å². The van der Waals surface area contributed by atoms with Gasteiger partial charge in [-0.15, -0.1) is 0 Å². The van der Waals surface area contributed by atoms with E-state index in [9.17, 15) is 4.39 Å². The highest BCUT2D eigenvalue weighted by Crippen LogP contribution is 2.45. The van der Waals surface area contributed by atoms with Crippen molar-refractivity contribution in [2.45, 2.75) is 95.4 Å². The fraction of sp³-hybridized carbons (Fsp3) is 1.00. The van der Waals surface area contributed by atoms with Crippen LogP contribution < -0.4 is 0 Å². The smallest absolute Gasteiger partial charge is 0.236 e. The highest BCUT2D eigenvalue weighted by atomic mass is 19.2. The van der Waals surface area contributed by atoms with E-state index in [4.69, 9.17) is 4.74 Å². The molecule has 0 radical (unpaired) electrons. The summed E-state index contributed by atoms with van der Waals surface area (Å²) >= 11 is 0. The summed E-state index contributed by atoms with van der Waals surface area (Å²) in [5.41, 5.74) is 0. The summed E-state index contributed by atoms with van der Waals surface area (Å²) in [6, 6.07) is 0. The molecule has 2 fully saturated rings. The van der Waals surface area contributed by atoms with Crippen LogP contribution in [0.15, 0.2) is 0 Å². The fourth-order valence-electron chi connectivity index (χ4n) is 2.98. The van der Waals surface area contributed by atoms with E-state index < -0.39 is 5.85 Å². The molecule has 0 unspecified atom stereocenters. The molecule has 0 spiro atoms. The molecule has 0 N–H and O–H groups in total. The predicted octanol–water partition coefficient (Wildman–Crippen LogP) is 5.14. The maximum atomic E-state index is 14.0. The Morgan fingerprint density at radius 2 is 1.18 bits per heavy atom. The van der Waals surface area contributed by atoms with Crippen molar-refractivity contribution in [1.29, 1.82) is 0 Å². The third-order valence-electron chi connectivity index (χ3n) is 4.25. The Morgan fingerprint density at radius 3 is 1.76 bits per heavy atom. The summed E-state index contributed by atoms with van der Waals surface area (Å²) in [6.07, 6.45) is 15.6. The van der Waals surface area contributed by atoms with Crippen LogP contribution >= 0.6 is 0 Å². The van der Waals surface area contributed by atoms with Gasteiger partial charge in [0.05, 0.1) is 0 Å². The number of alkyl halides is 1. The molecule has 1 nitrogen and oxygen atoms in total. The van der Waals surface area contributed by atoms with Gasteiger partial charge < -0.3 is 4.74 Å². The summed E-state index contributed by atoms with van der Waals surface area (Å²) in [6.45, 7) is 0. The average Bonchev–Trinajstić information content (AvgIpc) is 2.95. The lowest BCUT2D eigenvalue weighted by molar-refractivity contribution is 0.126. The van der Waals surface area contributed by atoms with Crippen molar-refractivity contribution in [2.75, 3.05) is 0 Å². The molecule has 1 saturated carbocycles. The van der Waals surface area contributed by atoms with Crippen LogP contribution in [0.25, 0.3) is 0 Å². The second-order valence-corrected chi connectivity index (χ2v) is 5.82. The molecule has 2 heteroatoms. The van der Waals surface area contributed by atoms with Crippen LogP contribution in [0.2, 0.25) is 0 Å². The van der Waals surface area contributed by atoms with Gasteiger partial charge in [-0.2, -0.15) is 0 Å². The van der Waals surface area contributed by atoms with Crippen molar-refractivity contribution in [3.63, 3.8) is 0 Å². The highest BCUT2D eigenvalue weighted by molar-refractivity contribution is 4.93. The minimum atomic E-state index is -1.22. The normalized spacial score (nSPS) is 37.6. The monoisotopic (exact) mass is 242 g/mol. The number of ether oxygens (including phenoxy) is 1. The average molecular weight is 242 g/mol. The SMILES string of the molecule is F[C@]12CCCCCCCCCCCCC[C@@H]1O2. The van der Waals surface area contributed by atoms with E-state index in [1.807, 2.05) is 0 Å². The number of epoxide rings is 1. The maximum absolute atomic E-state index is 14.0. The highest BCUT2D eigenvalue weighted by Gasteiger charge is 2.56. The number of halogens is 1. The second kappa shape index (κ2) is 6.72. The Hall–Kier alpha value is -0.110. The maximum Gasteiger partial charge on any atom is 0.236 e. The summed E-state index contributed by atoms with van der Waals surface area (Å²) in [5.74, 6) is -1.22. The molecule has 1 heterocycles. The molecule has 0 amide bonds. The summed E-state index contributed by atoms with van der Waals surface area (Å²) < 4.78 is 19.2. The van der Waals surface area contributed by atoms with Gasteiger partial charge in [-0.3, -0.25) is 0 Å². The van der Waals surface area contributed by atoms with Crippen LogP contribution in [0, 0.1) is 0 Å². The molecule has 2 rings (SSSR count). The van der Waals surface area contributed by atoms with Crippen molar-refractivity contribution < 1.29 is 9.13 Å². The molecule has 0 aromatic rings. The van der Waals surface area contributed by atoms with Crippen LogP contribution in [0.4, 0.5) is 4.39 Å². The van der Waals surface area contributed by atoms with E-state index in [-0.39, 0.29) is 6.10 Å². The van der Waals surface area contributed by atoms with Gasteiger partial charge in [-0.25, -0.2) is 4.39 Å². The van der Waals surface area contributed by atoms with E-state index in [2.05, 4.69) is 0 Å². The minimum Gasteiger partial charge on any atom is -0.334 e. The first-order valence-electron chi connectivity index (χ1n) is 7.68. The van der Waals surface area contributed by atoms with Gasteiger partial charge in [0.1, 0.15) is 6.10 Å². The third-order valence-corrected chi connectivity index (χ3v) is 4.25. The van der Waals surface area contributed by atoms with Gasteiger partial charge in [0.2, 0.25) is 5.85 Å². The molecule has 0 aromatic heterocycles. The molecule has 1 saturated heterocycles. The first-order valence-corrected chi connectivity index (χ1v) is 7.68. The number of fused-ring (bicyclic) bond motifs is 1. The quantitative estimate of drug-likeness (QED) is 0.536. The Kier molecular flexibility index (Phi) is 5.27. The Labute approximate surface area is 105 Å². The lowest BCUT2D eigenvalue weighted by Gasteiger charge is -2.03. The van der Waals surface area contributed by atoms with E-state index in [0.29, 0.717) is 6.42 Å². The van der Waals surface area contributed by atoms with Crippen molar-refractivity contribution >= 4 is 0 Å². The fourth-order valence-corrected chi connectivity index (χ4v) is 2.98. The molecule has 1 aliphatic carbocycles.